The van der Waals surface area contributed by atoms with E-state index in [9.17, 15) is 4.79 Å². The second-order valence-corrected chi connectivity index (χ2v) is 7.23. The Bertz CT molecular complexity index is 559. The van der Waals surface area contributed by atoms with Gasteiger partial charge in [0.1, 0.15) is 0 Å². The Morgan fingerprint density at radius 1 is 1.24 bits per heavy atom. The molecule has 0 aromatic carbocycles. The first-order chi connectivity index (χ1) is 12.3. The van der Waals surface area contributed by atoms with Crippen molar-refractivity contribution in [3.8, 4) is 0 Å². The Kier molecular flexibility index (Phi) is 5.33. The molecule has 138 valence electrons. The number of nitrogens with zero attached hydrogens (tertiary/aromatic N) is 3. The van der Waals surface area contributed by atoms with Gasteiger partial charge in [0.25, 0.3) is 5.91 Å². The quantitative estimate of drug-likeness (QED) is 0.726. The average molecular weight is 349 g/mol. The fourth-order valence-electron chi connectivity index (χ4n) is 4.25. The van der Waals surface area contributed by atoms with Crippen LogP contribution in [0.1, 0.15) is 42.7 Å². The van der Waals surface area contributed by atoms with Gasteiger partial charge in [-0.2, -0.15) is 0 Å². The van der Waals surface area contributed by atoms with Gasteiger partial charge in [0.05, 0.1) is 37.7 Å². The first-order valence-corrected chi connectivity index (χ1v) is 9.48. The molecule has 3 saturated heterocycles. The second-order valence-electron chi connectivity index (χ2n) is 7.23. The van der Waals surface area contributed by atoms with Crippen molar-refractivity contribution in [3.05, 3.63) is 18.0 Å². The lowest BCUT2D eigenvalue weighted by Gasteiger charge is -2.35. The van der Waals surface area contributed by atoms with E-state index in [1.54, 1.807) is 6.07 Å². The van der Waals surface area contributed by atoms with Gasteiger partial charge in [-0.1, -0.05) is 5.16 Å². The van der Waals surface area contributed by atoms with Crippen LogP contribution >= 0.6 is 0 Å². The van der Waals surface area contributed by atoms with E-state index >= 15 is 0 Å². The summed E-state index contributed by atoms with van der Waals surface area (Å²) in [7, 11) is 0. The molecule has 4 rings (SSSR count). The smallest absolute Gasteiger partial charge is 0.292 e. The highest BCUT2D eigenvalue weighted by Gasteiger charge is 2.42. The molecule has 1 aromatic heterocycles. The van der Waals surface area contributed by atoms with Crippen molar-refractivity contribution >= 4 is 5.91 Å². The lowest BCUT2D eigenvalue weighted by Crippen LogP contribution is -2.46. The topological polar surface area (TPSA) is 68.0 Å². The number of fused-ring (bicyclic) bond motifs is 1. The minimum atomic E-state index is -0.0751. The van der Waals surface area contributed by atoms with Crippen LogP contribution in [0.15, 0.2) is 16.8 Å². The van der Waals surface area contributed by atoms with Crippen LogP contribution in [0.2, 0.25) is 0 Å². The Hall–Kier alpha value is -1.44. The molecule has 0 saturated carbocycles. The highest BCUT2D eigenvalue weighted by molar-refractivity contribution is 5.91. The number of likely N-dealkylation sites (tertiary alicyclic amines) is 2. The number of carbonyl (C=O) groups excluding carboxylic acids is 1. The fraction of sp³-hybridized carbons (Fsp3) is 0.778. The third kappa shape index (κ3) is 3.88. The summed E-state index contributed by atoms with van der Waals surface area (Å²) in [6.07, 6.45) is 7.20. The summed E-state index contributed by atoms with van der Waals surface area (Å²) in [5.41, 5.74) is 0. The first-order valence-electron chi connectivity index (χ1n) is 9.48. The number of rotatable bonds is 6. The van der Waals surface area contributed by atoms with Gasteiger partial charge in [-0.3, -0.25) is 4.79 Å². The van der Waals surface area contributed by atoms with Crippen molar-refractivity contribution in [1.82, 2.24) is 15.0 Å². The number of amides is 1. The largest absolute Gasteiger partial charge is 0.377 e. The van der Waals surface area contributed by atoms with Crippen LogP contribution < -0.4 is 0 Å². The van der Waals surface area contributed by atoms with Gasteiger partial charge in [0, 0.05) is 19.2 Å². The zero-order chi connectivity index (χ0) is 17.1. The summed E-state index contributed by atoms with van der Waals surface area (Å²) < 4.78 is 17.1. The first kappa shape index (κ1) is 17.0. The van der Waals surface area contributed by atoms with E-state index in [1.165, 1.54) is 32.1 Å². The van der Waals surface area contributed by atoms with Crippen molar-refractivity contribution in [2.45, 2.75) is 50.4 Å². The monoisotopic (exact) mass is 349 g/mol. The summed E-state index contributed by atoms with van der Waals surface area (Å²) in [5, 5.41) is 3.63. The lowest BCUT2D eigenvalue weighted by atomic mass is 9.99. The maximum Gasteiger partial charge on any atom is 0.292 e. The molecular formula is C18H27N3O4. The number of aromatic nitrogens is 1. The third-order valence-corrected chi connectivity index (χ3v) is 5.60. The standard InChI is InChI=1S/C18H27N3O4/c22-18(17-5-7-19-25-17)21-10-6-16-15(21)4-3-14(24-16)13-23-12-11-20-8-1-2-9-20/h5,7,14-16H,1-4,6,8-13H2/t14-,15+,16+/m1/s1. The van der Waals surface area contributed by atoms with E-state index in [2.05, 4.69) is 10.1 Å². The molecule has 0 bridgehead atoms. The Balaban J connectivity index is 1.21. The molecule has 3 aliphatic rings. The molecule has 3 atom stereocenters. The zero-order valence-corrected chi connectivity index (χ0v) is 14.6. The van der Waals surface area contributed by atoms with E-state index in [-0.39, 0.29) is 24.2 Å². The number of carbonyl (C=O) groups is 1. The van der Waals surface area contributed by atoms with Gasteiger partial charge in [-0.25, -0.2) is 0 Å². The molecule has 0 radical (unpaired) electrons. The van der Waals surface area contributed by atoms with Crippen molar-refractivity contribution in [2.24, 2.45) is 0 Å². The Morgan fingerprint density at radius 3 is 2.92 bits per heavy atom. The summed E-state index contributed by atoms with van der Waals surface area (Å²) in [6, 6.07) is 1.77. The molecular weight excluding hydrogens is 322 g/mol. The zero-order valence-electron chi connectivity index (χ0n) is 14.6. The maximum absolute atomic E-state index is 12.5. The predicted molar refractivity (Wildman–Crippen MR) is 90.3 cm³/mol. The van der Waals surface area contributed by atoms with Gasteiger partial charge < -0.3 is 23.8 Å². The highest BCUT2D eigenvalue weighted by atomic mass is 16.5. The molecule has 4 heterocycles. The third-order valence-electron chi connectivity index (χ3n) is 5.60. The van der Waals surface area contributed by atoms with Crippen molar-refractivity contribution in [1.29, 1.82) is 0 Å². The van der Waals surface area contributed by atoms with E-state index in [1.807, 2.05) is 4.90 Å². The van der Waals surface area contributed by atoms with Crippen LogP contribution in [0.4, 0.5) is 0 Å². The molecule has 1 aromatic rings. The molecule has 1 amide bonds. The van der Waals surface area contributed by atoms with E-state index in [4.69, 9.17) is 14.0 Å². The number of ether oxygens (including phenoxy) is 2. The van der Waals surface area contributed by atoms with Crippen LogP contribution in [-0.2, 0) is 9.47 Å². The van der Waals surface area contributed by atoms with E-state index < -0.39 is 0 Å². The number of hydrogen-bond acceptors (Lipinski definition) is 6. The van der Waals surface area contributed by atoms with Crippen LogP contribution in [0, 0.1) is 0 Å². The van der Waals surface area contributed by atoms with E-state index in [0.717, 1.165) is 39.0 Å². The summed E-state index contributed by atoms with van der Waals surface area (Å²) in [5.74, 6) is 0.238. The molecule has 0 N–H and O–H groups in total. The Morgan fingerprint density at radius 2 is 2.12 bits per heavy atom. The molecule has 0 spiro atoms. The van der Waals surface area contributed by atoms with Crippen LogP contribution in [0.25, 0.3) is 0 Å². The van der Waals surface area contributed by atoms with Gasteiger partial charge >= 0.3 is 0 Å². The summed E-state index contributed by atoms with van der Waals surface area (Å²) >= 11 is 0. The molecule has 3 aliphatic heterocycles. The van der Waals surface area contributed by atoms with Gasteiger partial charge in [-0.15, -0.1) is 0 Å². The van der Waals surface area contributed by atoms with Gasteiger partial charge in [0.15, 0.2) is 0 Å². The number of hydrogen-bond donors (Lipinski definition) is 0. The summed E-state index contributed by atoms with van der Waals surface area (Å²) in [4.78, 5) is 16.8. The second kappa shape index (κ2) is 7.85. The SMILES string of the molecule is O=C(c1ccno1)N1CC[C@@H]2O[C@@H](COCCN3CCCC3)CC[C@@H]21. The lowest BCUT2D eigenvalue weighted by molar-refractivity contribution is -0.0973. The van der Waals surface area contributed by atoms with Crippen LogP contribution in [0.3, 0.4) is 0 Å². The average Bonchev–Trinajstić information content (AvgIpc) is 3.39. The molecule has 3 fully saturated rings. The normalized spacial score (nSPS) is 29.9. The molecule has 0 aliphatic carbocycles. The van der Waals surface area contributed by atoms with E-state index in [0.29, 0.717) is 12.4 Å². The minimum absolute atomic E-state index is 0.0751. The summed E-state index contributed by atoms with van der Waals surface area (Å²) in [6.45, 7) is 5.61. The highest BCUT2D eigenvalue weighted by Crippen LogP contribution is 2.32. The van der Waals surface area contributed by atoms with Crippen LogP contribution in [-0.4, -0.2) is 78.5 Å². The predicted octanol–water partition coefficient (Wildman–Crippen LogP) is 1.55. The molecule has 0 unspecified atom stereocenters. The van der Waals surface area contributed by atoms with Crippen molar-refractivity contribution in [2.75, 3.05) is 39.4 Å². The molecule has 7 nitrogen and oxygen atoms in total. The minimum Gasteiger partial charge on any atom is -0.377 e. The van der Waals surface area contributed by atoms with Crippen LogP contribution in [0.5, 0.6) is 0 Å². The van der Waals surface area contributed by atoms with Crippen molar-refractivity contribution in [3.63, 3.8) is 0 Å². The molecule has 7 heteroatoms. The van der Waals surface area contributed by atoms with Gasteiger partial charge in [0.2, 0.25) is 5.76 Å². The van der Waals surface area contributed by atoms with Gasteiger partial charge in [-0.05, 0) is 45.2 Å². The van der Waals surface area contributed by atoms with Crippen molar-refractivity contribution < 1.29 is 18.8 Å². The maximum atomic E-state index is 12.5. The Labute approximate surface area is 148 Å². The fourth-order valence-corrected chi connectivity index (χ4v) is 4.25. The molecule has 25 heavy (non-hydrogen) atoms.